The van der Waals surface area contributed by atoms with Gasteiger partial charge in [-0.1, -0.05) is 12.1 Å². The van der Waals surface area contributed by atoms with Gasteiger partial charge in [0.25, 0.3) is 0 Å². The zero-order chi connectivity index (χ0) is 25.6. The number of carbonyl (C=O) groups is 1. The molecule has 4 rings (SSSR count). The van der Waals surface area contributed by atoms with Crippen LogP contribution in [0.2, 0.25) is 0 Å². The van der Waals surface area contributed by atoms with Gasteiger partial charge in [0.2, 0.25) is 0 Å². The summed E-state index contributed by atoms with van der Waals surface area (Å²) in [5.41, 5.74) is -0.0859. The minimum absolute atomic E-state index is 0.415. The predicted molar refractivity (Wildman–Crippen MR) is 123 cm³/mol. The van der Waals surface area contributed by atoms with Gasteiger partial charge in [0.05, 0.1) is 11.1 Å². The van der Waals surface area contributed by atoms with Gasteiger partial charge >= 0.3 is 17.7 Å². The van der Waals surface area contributed by atoms with Crippen LogP contribution in [0.15, 0.2) is 48.5 Å². The highest BCUT2D eigenvalue weighted by Gasteiger charge is 2.32. The van der Waals surface area contributed by atoms with E-state index in [2.05, 4.69) is 5.32 Å². The maximum atomic E-state index is 12.6. The number of hydrogen-bond donors (Lipinski definition) is 1. The van der Waals surface area contributed by atoms with Crippen LogP contribution in [-0.2, 0) is 12.4 Å². The molecule has 2 heterocycles. The molecule has 0 saturated carbocycles. The van der Waals surface area contributed by atoms with Crippen molar-refractivity contribution in [3.05, 3.63) is 59.7 Å². The van der Waals surface area contributed by atoms with Gasteiger partial charge in [-0.15, -0.1) is 0 Å². The Kier molecular flexibility index (Phi) is 8.76. The topological polar surface area (TPSA) is 38.8 Å². The van der Waals surface area contributed by atoms with Crippen molar-refractivity contribution < 1.29 is 31.1 Å². The van der Waals surface area contributed by atoms with Gasteiger partial charge in [-0.25, -0.2) is 0 Å². The first-order valence-electron chi connectivity index (χ1n) is 10.9. The second-order valence-corrected chi connectivity index (χ2v) is 8.38. The van der Waals surface area contributed by atoms with E-state index < -0.39 is 28.8 Å². The smallest absolute Gasteiger partial charge is 0.369 e. The lowest BCUT2D eigenvalue weighted by atomic mass is 10.1. The number of alkyl halides is 6. The van der Waals surface area contributed by atoms with Gasteiger partial charge in [-0.2, -0.15) is 26.3 Å². The summed E-state index contributed by atoms with van der Waals surface area (Å²) in [5, 5.41) is 2.64. The van der Waals surface area contributed by atoms with E-state index in [0.29, 0.717) is 37.6 Å². The Morgan fingerprint density at radius 1 is 0.714 bits per heavy atom. The van der Waals surface area contributed by atoms with Gasteiger partial charge in [0.15, 0.2) is 0 Å². The molecule has 0 bridgehead atoms. The van der Waals surface area contributed by atoms with Gasteiger partial charge in [0.1, 0.15) is 0 Å². The summed E-state index contributed by atoms with van der Waals surface area (Å²) in [4.78, 5) is 16.2. The van der Waals surface area contributed by atoms with Crippen molar-refractivity contribution in [3.8, 4) is 0 Å². The van der Waals surface area contributed by atoms with Crippen molar-refractivity contribution in [2.45, 2.75) is 12.4 Å². The van der Waals surface area contributed by atoms with E-state index >= 15 is 0 Å². The largest absolute Gasteiger partial charge is 0.416 e. The van der Waals surface area contributed by atoms with Gasteiger partial charge in [0, 0.05) is 63.7 Å². The molecular formula is C23H25ClF6N4O. The molecule has 2 fully saturated rings. The third-order valence-corrected chi connectivity index (χ3v) is 5.96. The molecule has 1 N–H and O–H groups in total. The number of nitrogens with zero attached hydrogens (tertiary/aromatic N) is 3. The molecule has 2 aromatic carbocycles. The van der Waals surface area contributed by atoms with Crippen LogP contribution in [0.3, 0.4) is 0 Å². The van der Waals surface area contributed by atoms with Crippen molar-refractivity contribution in [2.24, 2.45) is 0 Å². The number of piperazine rings is 2. The zero-order valence-electron chi connectivity index (χ0n) is 18.7. The molecule has 192 valence electrons. The lowest BCUT2D eigenvalue weighted by molar-refractivity contribution is -0.138. The second-order valence-electron chi connectivity index (χ2n) is 8.06. The van der Waals surface area contributed by atoms with Gasteiger partial charge in [-0.3, -0.25) is 4.79 Å². The normalized spacial score (nSPS) is 17.1. The number of hydrogen-bond acceptors (Lipinski definition) is 4. The summed E-state index contributed by atoms with van der Waals surface area (Å²) in [6, 6.07) is 10.7. The van der Waals surface area contributed by atoms with E-state index in [1.54, 1.807) is 12.1 Å². The number of anilines is 2. The highest BCUT2D eigenvalue weighted by Crippen LogP contribution is 2.32. The van der Waals surface area contributed by atoms with Crippen LogP contribution in [0, 0.1) is 0 Å². The van der Waals surface area contributed by atoms with Crippen LogP contribution in [0.1, 0.15) is 11.1 Å². The van der Waals surface area contributed by atoms with E-state index in [4.69, 9.17) is 11.6 Å². The fraction of sp³-hybridized carbons (Fsp3) is 0.435. The number of benzene rings is 2. The molecule has 0 spiro atoms. The van der Waals surface area contributed by atoms with E-state index in [1.165, 1.54) is 23.1 Å². The quantitative estimate of drug-likeness (QED) is 0.330. The van der Waals surface area contributed by atoms with E-state index in [-0.39, 0.29) is 0 Å². The maximum Gasteiger partial charge on any atom is 0.416 e. The highest BCUT2D eigenvalue weighted by atomic mass is 35.5. The molecule has 35 heavy (non-hydrogen) atoms. The molecule has 0 radical (unpaired) electrons. The number of halogens is 7. The molecule has 5 nitrogen and oxygen atoms in total. The summed E-state index contributed by atoms with van der Waals surface area (Å²) < 4.78 is 75.4. The van der Waals surface area contributed by atoms with E-state index in [1.807, 2.05) is 9.80 Å². The summed E-state index contributed by atoms with van der Waals surface area (Å²) in [6.07, 6.45) is -8.60. The lowest BCUT2D eigenvalue weighted by Gasteiger charge is -2.35. The Bertz CT molecular complexity index is 986. The SMILES string of the molecule is FC(F)(F)c1cccc(N2CCNCC2)c1.O=C(Cl)N1CCN(c2cccc(C(F)(F)F)c2)CC1. The molecule has 0 unspecified atom stereocenters. The molecule has 0 aliphatic carbocycles. The Hall–Kier alpha value is -2.66. The fourth-order valence-corrected chi connectivity index (χ4v) is 3.99. The van der Waals surface area contributed by atoms with Crippen LogP contribution in [-0.4, -0.2) is 62.6 Å². The van der Waals surface area contributed by atoms with Crippen LogP contribution >= 0.6 is 11.6 Å². The summed E-state index contributed by atoms with van der Waals surface area (Å²) in [5.74, 6) is 0. The Morgan fingerprint density at radius 2 is 1.14 bits per heavy atom. The summed E-state index contributed by atoms with van der Waals surface area (Å²) >= 11 is 5.36. The third-order valence-electron chi connectivity index (χ3n) is 5.72. The molecule has 0 atom stereocenters. The fourth-order valence-electron chi connectivity index (χ4n) is 3.82. The molecule has 2 saturated heterocycles. The van der Waals surface area contributed by atoms with Crippen molar-refractivity contribution in [1.82, 2.24) is 10.2 Å². The molecule has 0 aromatic heterocycles. The molecular weight excluding hydrogens is 498 g/mol. The van der Waals surface area contributed by atoms with Crippen molar-refractivity contribution in [3.63, 3.8) is 0 Å². The first kappa shape index (κ1) is 26.9. The van der Waals surface area contributed by atoms with E-state index in [9.17, 15) is 31.1 Å². The van der Waals surface area contributed by atoms with Crippen LogP contribution in [0.4, 0.5) is 42.5 Å². The number of rotatable bonds is 2. The predicted octanol–water partition coefficient (Wildman–Crippen LogP) is 5.30. The monoisotopic (exact) mass is 522 g/mol. The Balaban J connectivity index is 0.000000198. The molecule has 2 aliphatic heterocycles. The molecule has 12 heteroatoms. The molecule has 2 aliphatic rings. The minimum atomic E-state index is -4.34. The molecule has 2 aromatic rings. The van der Waals surface area contributed by atoms with Crippen LogP contribution in [0.25, 0.3) is 0 Å². The number of nitrogens with one attached hydrogen (secondary N) is 1. The van der Waals surface area contributed by atoms with Gasteiger partial charge < -0.3 is 20.0 Å². The lowest BCUT2D eigenvalue weighted by Crippen LogP contribution is -2.47. The maximum absolute atomic E-state index is 12.6. The first-order valence-corrected chi connectivity index (χ1v) is 11.3. The summed E-state index contributed by atoms with van der Waals surface area (Å²) in [7, 11) is 0. The van der Waals surface area contributed by atoms with Crippen LogP contribution in [0.5, 0.6) is 0 Å². The minimum Gasteiger partial charge on any atom is -0.369 e. The average Bonchev–Trinajstić information content (AvgIpc) is 2.84. The van der Waals surface area contributed by atoms with Crippen molar-refractivity contribution >= 4 is 28.3 Å². The standard InChI is InChI=1S/C12H12ClF3N2O.C11H13F3N2/c13-11(19)18-6-4-17(5-7-18)10-3-1-2-9(8-10)12(14,15)16;12-11(13,14)9-2-1-3-10(8-9)16-6-4-15-5-7-16/h1-3,8H,4-7H2;1-3,8,15H,4-7H2. The third kappa shape index (κ3) is 7.66. The second kappa shape index (κ2) is 11.4. The Labute approximate surface area is 204 Å². The van der Waals surface area contributed by atoms with Crippen molar-refractivity contribution in [2.75, 3.05) is 62.2 Å². The van der Waals surface area contributed by atoms with E-state index in [0.717, 1.165) is 44.4 Å². The van der Waals surface area contributed by atoms with Crippen LogP contribution < -0.4 is 15.1 Å². The number of amides is 1. The van der Waals surface area contributed by atoms with Crippen molar-refractivity contribution in [1.29, 1.82) is 0 Å². The molecule has 1 amide bonds. The zero-order valence-corrected chi connectivity index (χ0v) is 19.4. The highest BCUT2D eigenvalue weighted by molar-refractivity contribution is 6.62. The Morgan fingerprint density at radius 3 is 1.54 bits per heavy atom. The first-order chi connectivity index (χ1) is 16.4. The number of carbonyl (C=O) groups excluding carboxylic acids is 1. The average molecular weight is 523 g/mol. The van der Waals surface area contributed by atoms with Gasteiger partial charge in [-0.05, 0) is 48.0 Å². The summed E-state index contributed by atoms with van der Waals surface area (Å²) in [6.45, 7) is 4.91.